The lowest BCUT2D eigenvalue weighted by Gasteiger charge is -2.21. The number of thioether (sulfide) groups is 1. The molecule has 0 radical (unpaired) electrons. The zero-order chi connectivity index (χ0) is 13.5. The van der Waals surface area contributed by atoms with E-state index in [1.807, 2.05) is 36.0 Å². The van der Waals surface area contributed by atoms with Gasteiger partial charge in [-0.2, -0.15) is 11.8 Å². The van der Waals surface area contributed by atoms with Crippen molar-refractivity contribution in [2.45, 2.75) is 18.1 Å². The van der Waals surface area contributed by atoms with Crippen molar-refractivity contribution in [3.05, 3.63) is 34.3 Å². The van der Waals surface area contributed by atoms with Crippen molar-refractivity contribution >= 4 is 33.6 Å². The summed E-state index contributed by atoms with van der Waals surface area (Å²) in [7, 11) is 0. The molecule has 0 aromatic heterocycles. The number of amides is 1. The molecule has 1 saturated heterocycles. The first-order valence-electron chi connectivity index (χ1n) is 6.49. The van der Waals surface area contributed by atoms with Crippen LogP contribution in [-0.4, -0.2) is 36.7 Å². The second-order valence-corrected chi connectivity index (χ2v) is 6.68. The number of hydrogen-bond donors (Lipinski definition) is 1. The highest BCUT2D eigenvalue weighted by atomic mass is 79.9. The Morgan fingerprint density at radius 2 is 2.11 bits per heavy atom. The van der Waals surface area contributed by atoms with Gasteiger partial charge in [0.05, 0.1) is 5.56 Å². The lowest BCUT2D eigenvalue weighted by molar-refractivity contribution is 0.0954. The Hall–Kier alpha value is -0.520. The van der Waals surface area contributed by atoms with Crippen molar-refractivity contribution in [1.82, 2.24) is 5.32 Å². The molecule has 0 bridgehead atoms. The average molecular weight is 344 g/mol. The van der Waals surface area contributed by atoms with Crippen LogP contribution in [-0.2, 0) is 4.74 Å². The highest BCUT2D eigenvalue weighted by Crippen LogP contribution is 2.21. The lowest BCUT2D eigenvalue weighted by Crippen LogP contribution is -2.27. The minimum Gasteiger partial charge on any atom is -0.381 e. The van der Waals surface area contributed by atoms with Gasteiger partial charge >= 0.3 is 0 Å². The number of rotatable bonds is 5. The second-order valence-electron chi connectivity index (χ2n) is 4.42. The summed E-state index contributed by atoms with van der Waals surface area (Å²) in [5, 5.41) is 3.65. The Kier molecular flexibility index (Phi) is 6.20. The molecule has 3 nitrogen and oxygen atoms in total. The van der Waals surface area contributed by atoms with Crippen LogP contribution in [0, 0.1) is 0 Å². The fourth-order valence-corrected chi connectivity index (χ4v) is 3.52. The van der Waals surface area contributed by atoms with Crippen molar-refractivity contribution in [2.24, 2.45) is 0 Å². The van der Waals surface area contributed by atoms with E-state index in [0.29, 0.717) is 17.4 Å². The van der Waals surface area contributed by atoms with Crippen molar-refractivity contribution in [1.29, 1.82) is 0 Å². The zero-order valence-electron chi connectivity index (χ0n) is 10.7. The van der Waals surface area contributed by atoms with Crippen LogP contribution in [0.15, 0.2) is 28.7 Å². The molecule has 1 aliphatic rings. The van der Waals surface area contributed by atoms with Gasteiger partial charge in [-0.25, -0.2) is 0 Å². The molecule has 1 amide bonds. The van der Waals surface area contributed by atoms with Crippen LogP contribution in [0.3, 0.4) is 0 Å². The molecule has 0 unspecified atom stereocenters. The highest BCUT2D eigenvalue weighted by molar-refractivity contribution is 9.10. The molecule has 0 aliphatic carbocycles. The van der Waals surface area contributed by atoms with Gasteiger partial charge in [0.25, 0.3) is 5.91 Å². The van der Waals surface area contributed by atoms with Gasteiger partial charge < -0.3 is 10.1 Å². The van der Waals surface area contributed by atoms with Crippen LogP contribution in [0.1, 0.15) is 23.2 Å². The Morgan fingerprint density at radius 3 is 2.84 bits per heavy atom. The predicted octanol–water partition coefficient (Wildman–Crippen LogP) is 3.09. The zero-order valence-corrected chi connectivity index (χ0v) is 13.1. The van der Waals surface area contributed by atoms with E-state index in [0.717, 1.165) is 36.3 Å². The van der Waals surface area contributed by atoms with Gasteiger partial charge in [0.2, 0.25) is 0 Å². The van der Waals surface area contributed by atoms with Crippen molar-refractivity contribution in [3.8, 4) is 0 Å². The summed E-state index contributed by atoms with van der Waals surface area (Å²) < 4.78 is 6.16. The van der Waals surface area contributed by atoms with Crippen LogP contribution in [0.4, 0.5) is 0 Å². The number of nitrogens with one attached hydrogen (secondary N) is 1. The Morgan fingerprint density at radius 1 is 1.37 bits per heavy atom. The maximum atomic E-state index is 11.9. The normalized spacial score (nSPS) is 16.3. The molecule has 1 fully saturated rings. The minimum atomic E-state index is -0.0138. The Labute approximate surface area is 126 Å². The van der Waals surface area contributed by atoms with Gasteiger partial charge in [0.1, 0.15) is 0 Å². The van der Waals surface area contributed by atoms with Gasteiger partial charge in [0, 0.05) is 35.2 Å². The summed E-state index contributed by atoms with van der Waals surface area (Å²) >= 11 is 5.32. The largest absolute Gasteiger partial charge is 0.381 e. The molecule has 0 saturated carbocycles. The lowest BCUT2D eigenvalue weighted by atomic mass is 10.2. The Balaban J connectivity index is 1.68. The first-order chi connectivity index (χ1) is 9.27. The molecule has 1 aromatic rings. The molecule has 104 valence electrons. The van der Waals surface area contributed by atoms with Gasteiger partial charge in [-0.05, 0) is 40.9 Å². The number of halogens is 1. The van der Waals surface area contributed by atoms with Crippen molar-refractivity contribution < 1.29 is 9.53 Å². The SMILES string of the molecule is O=C(NCCSC1CCOCC1)c1ccccc1Br. The summed E-state index contributed by atoms with van der Waals surface area (Å²) in [5.41, 5.74) is 0.693. The molecular weight excluding hydrogens is 326 g/mol. The number of carbonyl (C=O) groups is 1. The van der Waals surface area contributed by atoms with Crippen LogP contribution >= 0.6 is 27.7 Å². The summed E-state index contributed by atoms with van der Waals surface area (Å²) in [6.07, 6.45) is 2.26. The molecule has 2 rings (SSSR count). The topological polar surface area (TPSA) is 38.3 Å². The van der Waals surface area contributed by atoms with E-state index >= 15 is 0 Å². The molecule has 0 atom stereocenters. The average Bonchev–Trinajstić information content (AvgIpc) is 2.45. The summed E-state index contributed by atoms with van der Waals surface area (Å²) in [6.45, 7) is 2.46. The third kappa shape index (κ3) is 4.82. The number of ether oxygens (including phenoxy) is 1. The first-order valence-corrected chi connectivity index (χ1v) is 8.33. The van der Waals surface area contributed by atoms with E-state index in [2.05, 4.69) is 21.2 Å². The fraction of sp³-hybridized carbons (Fsp3) is 0.500. The van der Waals surface area contributed by atoms with Crippen LogP contribution in [0.5, 0.6) is 0 Å². The second kappa shape index (κ2) is 7.92. The molecule has 1 N–H and O–H groups in total. The number of carbonyl (C=O) groups excluding carboxylic acids is 1. The smallest absolute Gasteiger partial charge is 0.252 e. The van der Waals surface area contributed by atoms with Crippen molar-refractivity contribution in [3.63, 3.8) is 0 Å². The van der Waals surface area contributed by atoms with Gasteiger partial charge in [-0.3, -0.25) is 4.79 Å². The Bertz CT molecular complexity index is 422. The summed E-state index contributed by atoms with van der Waals surface area (Å²) in [4.78, 5) is 11.9. The molecule has 0 spiro atoms. The third-order valence-corrected chi connectivity index (χ3v) is 5.10. The number of benzene rings is 1. The van der Waals surface area contributed by atoms with Crippen LogP contribution in [0.25, 0.3) is 0 Å². The predicted molar refractivity (Wildman–Crippen MR) is 82.8 cm³/mol. The first kappa shape index (κ1) is 14.9. The monoisotopic (exact) mass is 343 g/mol. The standard InChI is InChI=1S/C14H18BrNO2S/c15-13-4-2-1-3-12(13)14(17)16-7-10-19-11-5-8-18-9-6-11/h1-4,11H,5-10H2,(H,16,17). The molecular formula is C14H18BrNO2S. The van der Waals surface area contributed by atoms with Crippen LogP contribution < -0.4 is 5.32 Å². The maximum absolute atomic E-state index is 11.9. The quantitative estimate of drug-likeness (QED) is 0.835. The molecule has 1 heterocycles. The minimum absolute atomic E-state index is 0.0138. The van der Waals surface area contributed by atoms with E-state index < -0.39 is 0 Å². The third-order valence-electron chi connectivity index (χ3n) is 3.03. The van der Waals surface area contributed by atoms with Crippen molar-refractivity contribution in [2.75, 3.05) is 25.5 Å². The van der Waals surface area contributed by atoms with Crippen LogP contribution in [0.2, 0.25) is 0 Å². The van der Waals surface area contributed by atoms with E-state index in [4.69, 9.17) is 4.74 Å². The maximum Gasteiger partial charge on any atom is 0.252 e. The number of hydrogen-bond acceptors (Lipinski definition) is 3. The molecule has 1 aromatic carbocycles. The van der Waals surface area contributed by atoms with Gasteiger partial charge in [-0.15, -0.1) is 0 Å². The highest BCUT2D eigenvalue weighted by Gasteiger charge is 2.14. The molecule has 5 heteroatoms. The molecule has 19 heavy (non-hydrogen) atoms. The summed E-state index contributed by atoms with van der Waals surface area (Å²) in [6, 6.07) is 7.48. The molecule has 1 aliphatic heterocycles. The van der Waals surface area contributed by atoms with E-state index in [-0.39, 0.29) is 5.91 Å². The summed E-state index contributed by atoms with van der Waals surface area (Å²) in [5.74, 6) is 0.945. The van der Waals surface area contributed by atoms with E-state index in [9.17, 15) is 4.79 Å². The van der Waals surface area contributed by atoms with Gasteiger partial charge in [0.15, 0.2) is 0 Å². The fourth-order valence-electron chi connectivity index (χ4n) is 1.97. The van der Waals surface area contributed by atoms with Gasteiger partial charge in [-0.1, -0.05) is 12.1 Å². The van der Waals surface area contributed by atoms with E-state index in [1.165, 1.54) is 0 Å². The van der Waals surface area contributed by atoms with E-state index in [1.54, 1.807) is 0 Å².